The van der Waals surface area contributed by atoms with E-state index in [9.17, 15) is 4.79 Å². The Hall–Kier alpha value is -2.60. The van der Waals surface area contributed by atoms with Gasteiger partial charge >= 0.3 is 0 Å². The van der Waals surface area contributed by atoms with Crippen LogP contribution in [0.4, 0.5) is 5.82 Å². The Morgan fingerprint density at radius 1 is 1.07 bits per heavy atom. The zero-order valence-corrected chi connectivity index (χ0v) is 15.1. The second-order valence-electron chi connectivity index (χ2n) is 7.69. The second kappa shape index (κ2) is 6.53. The van der Waals surface area contributed by atoms with Crippen molar-refractivity contribution >= 4 is 11.7 Å². The summed E-state index contributed by atoms with van der Waals surface area (Å²) in [4.78, 5) is 17.4. The summed E-state index contributed by atoms with van der Waals surface area (Å²) < 4.78 is 11.2. The molecule has 4 unspecified atom stereocenters. The lowest BCUT2D eigenvalue weighted by Gasteiger charge is -2.26. The van der Waals surface area contributed by atoms with Crippen LogP contribution in [-0.4, -0.2) is 30.1 Å². The summed E-state index contributed by atoms with van der Waals surface area (Å²) in [6, 6.07) is 11.4. The molecule has 2 bridgehead atoms. The summed E-state index contributed by atoms with van der Waals surface area (Å²) in [6.07, 6.45) is 3.36. The standard InChI is InChI=1S/C21H23N3O3/c22-20-14-5-4-13(10-14)19(20)21(25)24-18-3-1-2-15(23-18)12-6-7-16-17(11-12)27-9-8-26-16/h1-3,6-7,11,13-14,19-20H,4-5,8-10,22H2,(H,23,24,25). The fourth-order valence-electron chi connectivity index (χ4n) is 4.80. The van der Waals surface area contributed by atoms with Gasteiger partial charge in [-0.3, -0.25) is 4.79 Å². The molecule has 2 saturated carbocycles. The third-order valence-electron chi connectivity index (χ3n) is 6.12. The molecule has 1 aromatic carbocycles. The molecule has 0 radical (unpaired) electrons. The number of aromatic nitrogens is 1. The molecule has 5 rings (SSSR count). The van der Waals surface area contributed by atoms with Gasteiger partial charge in [0.15, 0.2) is 11.5 Å². The molecule has 2 fully saturated rings. The summed E-state index contributed by atoms with van der Waals surface area (Å²) >= 11 is 0. The maximum Gasteiger partial charge on any atom is 0.230 e. The minimum atomic E-state index is -0.0940. The van der Waals surface area contributed by atoms with Gasteiger partial charge in [-0.05, 0) is 61.4 Å². The molecular weight excluding hydrogens is 342 g/mol. The highest BCUT2D eigenvalue weighted by molar-refractivity contribution is 5.93. The Kier molecular flexibility index (Phi) is 4.01. The summed E-state index contributed by atoms with van der Waals surface area (Å²) in [5.41, 5.74) is 8.00. The van der Waals surface area contributed by atoms with Crippen molar-refractivity contribution in [2.45, 2.75) is 25.3 Å². The Bertz CT molecular complexity index is 883. The van der Waals surface area contributed by atoms with E-state index in [-0.39, 0.29) is 17.9 Å². The number of anilines is 1. The number of carbonyl (C=O) groups is 1. The van der Waals surface area contributed by atoms with Crippen LogP contribution in [0.2, 0.25) is 0 Å². The zero-order valence-electron chi connectivity index (χ0n) is 15.1. The monoisotopic (exact) mass is 365 g/mol. The summed E-state index contributed by atoms with van der Waals surface area (Å²) in [5, 5.41) is 2.99. The first-order valence-corrected chi connectivity index (χ1v) is 9.62. The van der Waals surface area contributed by atoms with E-state index in [1.54, 1.807) is 0 Å². The maximum atomic E-state index is 12.8. The smallest absolute Gasteiger partial charge is 0.230 e. The van der Waals surface area contributed by atoms with Gasteiger partial charge in [0.2, 0.25) is 5.91 Å². The highest BCUT2D eigenvalue weighted by Crippen LogP contribution is 2.47. The number of carbonyl (C=O) groups excluding carboxylic acids is 1. The van der Waals surface area contributed by atoms with Crippen molar-refractivity contribution in [3.8, 4) is 22.8 Å². The lowest BCUT2D eigenvalue weighted by Crippen LogP contribution is -2.42. The highest BCUT2D eigenvalue weighted by atomic mass is 16.6. The highest BCUT2D eigenvalue weighted by Gasteiger charge is 2.49. The van der Waals surface area contributed by atoms with Gasteiger partial charge in [0.25, 0.3) is 0 Å². The van der Waals surface area contributed by atoms with Crippen LogP contribution >= 0.6 is 0 Å². The molecule has 1 aliphatic heterocycles. The van der Waals surface area contributed by atoms with Crippen LogP contribution in [-0.2, 0) is 4.79 Å². The molecule has 27 heavy (non-hydrogen) atoms. The van der Waals surface area contributed by atoms with Crippen LogP contribution in [0.25, 0.3) is 11.3 Å². The van der Waals surface area contributed by atoms with Crippen molar-refractivity contribution in [3.05, 3.63) is 36.4 Å². The van der Waals surface area contributed by atoms with E-state index in [1.807, 2.05) is 36.4 Å². The molecule has 140 valence electrons. The van der Waals surface area contributed by atoms with Gasteiger partial charge < -0.3 is 20.5 Å². The second-order valence-corrected chi connectivity index (χ2v) is 7.69. The molecule has 6 heteroatoms. The number of fused-ring (bicyclic) bond motifs is 3. The molecule has 3 N–H and O–H groups in total. The van der Waals surface area contributed by atoms with Crippen LogP contribution in [0, 0.1) is 17.8 Å². The lowest BCUT2D eigenvalue weighted by atomic mass is 9.84. The van der Waals surface area contributed by atoms with E-state index in [4.69, 9.17) is 15.2 Å². The van der Waals surface area contributed by atoms with Gasteiger partial charge in [-0.25, -0.2) is 4.98 Å². The van der Waals surface area contributed by atoms with Crippen LogP contribution in [0.5, 0.6) is 11.5 Å². The molecule has 1 amide bonds. The number of ether oxygens (including phenoxy) is 2. The van der Waals surface area contributed by atoms with E-state index in [1.165, 1.54) is 0 Å². The van der Waals surface area contributed by atoms with Gasteiger partial charge in [0.05, 0.1) is 11.6 Å². The van der Waals surface area contributed by atoms with Crippen LogP contribution < -0.4 is 20.5 Å². The fraction of sp³-hybridized carbons (Fsp3) is 0.429. The van der Waals surface area contributed by atoms with E-state index < -0.39 is 0 Å². The van der Waals surface area contributed by atoms with E-state index in [0.29, 0.717) is 30.9 Å². The molecule has 6 nitrogen and oxygen atoms in total. The normalized spacial score (nSPS) is 28.2. The van der Waals surface area contributed by atoms with Crippen molar-refractivity contribution in [3.63, 3.8) is 0 Å². The molecule has 3 aliphatic rings. The van der Waals surface area contributed by atoms with Crippen LogP contribution in [0.15, 0.2) is 36.4 Å². The fourth-order valence-corrected chi connectivity index (χ4v) is 4.80. The first-order chi connectivity index (χ1) is 13.2. The van der Waals surface area contributed by atoms with Gasteiger partial charge in [-0.15, -0.1) is 0 Å². The first-order valence-electron chi connectivity index (χ1n) is 9.62. The first kappa shape index (κ1) is 16.6. The predicted octanol–water partition coefficient (Wildman–Crippen LogP) is 2.83. The Morgan fingerprint density at radius 2 is 1.89 bits per heavy atom. The molecule has 1 aromatic heterocycles. The largest absolute Gasteiger partial charge is 0.486 e. The van der Waals surface area contributed by atoms with Crippen LogP contribution in [0.1, 0.15) is 19.3 Å². The Labute approximate surface area is 158 Å². The van der Waals surface area contributed by atoms with Crippen LogP contribution in [0.3, 0.4) is 0 Å². The molecule has 0 saturated heterocycles. The van der Waals surface area contributed by atoms with E-state index >= 15 is 0 Å². The molecule has 4 atom stereocenters. The number of hydrogen-bond donors (Lipinski definition) is 2. The predicted molar refractivity (Wildman–Crippen MR) is 102 cm³/mol. The SMILES string of the molecule is NC1C2CCC(C2)C1C(=O)Nc1cccc(-c2ccc3c(c2)OCCO3)n1. The quantitative estimate of drug-likeness (QED) is 0.873. The number of nitrogens with two attached hydrogens (primary N) is 1. The molecule has 2 heterocycles. The number of nitrogens with zero attached hydrogens (tertiary/aromatic N) is 1. The van der Waals surface area contributed by atoms with E-state index in [0.717, 1.165) is 42.0 Å². The summed E-state index contributed by atoms with van der Waals surface area (Å²) in [6.45, 7) is 1.11. The van der Waals surface area contributed by atoms with Crippen molar-refractivity contribution in [2.24, 2.45) is 23.5 Å². The van der Waals surface area contributed by atoms with Crippen molar-refractivity contribution in [1.82, 2.24) is 4.98 Å². The maximum absolute atomic E-state index is 12.8. The topological polar surface area (TPSA) is 86.5 Å². The Morgan fingerprint density at radius 3 is 2.70 bits per heavy atom. The third-order valence-corrected chi connectivity index (χ3v) is 6.12. The van der Waals surface area contributed by atoms with Crippen molar-refractivity contribution in [2.75, 3.05) is 18.5 Å². The minimum absolute atomic E-state index is 0.00141. The van der Waals surface area contributed by atoms with Gasteiger partial charge in [-0.2, -0.15) is 0 Å². The average molecular weight is 365 g/mol. The van der Waals surface area contributed by atoms with Gasteiger partial charge in [0.1, 0.15) is 19.0 Å². The molecule has 2 aromatic rings. The number of nitrogens with one attached hydrogen (secondary N) is 1. The average Bonchev–Trinajstić information content (AvgIpc) is 3.29. The third kappa shape index (κ3) is 2.94. The van der Waals surface area contributed by atoms with E-state index in [2.05, 4.69) is 10.3 Å². The molecular formula is C21H23N3O3. The number of amides is 1. The molecule has 0 spiro atoms. The van der Waals surface area contributed by atoms with Crippen molar-refractivity contribution < 1.29 is 14.3 Å². The number of hydrogen-bond acceptors (Lipinski definition) is 5. The number of rotatable bonds is 3. The van der Waals surface area contributed by atoms with Gasteiger partial charge in [0, 0.05) is 11.6 Å². The minimum Gasteiger partial charge on any atom is -0.486 e. The Balaban J connectivity index is 1.36. The summed E-state index contributed by atoms with van der Waals surface area (Å²) in [7, 11) is 0. The summed E-state index contributed by atoms with van der Waals surface area (Å²) in [5.74, 6) is 2.86. The van der Waals surface area contributed by atoms with Gasteiger partial charge in [-0.1, -0.05) is 6.07 Å². The van der Waals surface area contributed by atoms with Crippen molar-refractivity contribution in [1.29, 1.82) is 0 Å². The zero-order chi connectivity index (χ0) is 18.4. The molecule has 2 aliphatic carbocycles. The number of benzene rings is 1. The number of pyridine rings is 1. The lowest BCUT2D eigenvalue weighted by molar-refractivity contribution is -0.121.